The maximum Gasteiger partial charge on any atom is 0.299 e. The lowest BCUT2D eigenvalue weighted by molar-refractivity contribution is -0.393. The number of nitrogens with zero attached hydrogens (tertiary/aromatic N) is 4. The molecule has 0 saturated carbocycles. The van der Waals surface area contributed by atoms with Gasteiger partial charge in [0.05, 0.1) is 15.9 Å². The summed E-state index contributed by atoms with van der Waals surface area (Å²) in [6, 6.07) is 3.02. The van der Waals surface area contributed by atoms with Crippen molar-refractivity contribution in [2.75, 3.05) is 25.5 Å². The lowest BCUT2D eigenvalue weighted by atomic mass is 10.1. The van der Waals surface area contributed by atoms with Gasteiger partial charge in [-0.25, -0.2) is 0 Å². The van der Waals surface area contributed by atoms with Crippen molar-refractivity contribution in [3.8, 4) is 0 Å². The molecule has 1 amide bonds. The Labute approximate surface area is 126 Å². The van der Waals surface area contributed by atoms with Crippen molar-refractivity contribution in [2.45, 2.75) is 18.9 Å². The van der Waals surface area contributed by atoms with E-state index in [1.807, 2.05) is 0 Å². The molecule has 1 unspecified atom stereocenters. The van der Waals surface area contributed by atoms with E-state index in [4.69, 9.17) is 0 Å². The summed E-state index contributed by atoms with van der Waals surface area (Å²) in [6.07, 6.45) is 1.34. The van der Waals surface area contributed by atoms with Gasteiger partial charge in [-0.05, 0) is 18.9 Å². The van der Waals surface area contributed by atoms with Gasteiger partial charge in [0.15, 0.2) is 0 Å². The zero-order valence-electron chi connectivity index (χ0n) is 12.3. The topological polar surface area (TPSA) is 110 Å². The minimum Gasteiger partial charge on any atom is -0.354 e. The molecule has 1 saturated heterocycles. The van der Waals surface area contributed by atoms with Gasteiger partial charge >= 0.3 is 0 Å². The van der Waals surface area contributed by atoms with Crippen molar-refractivity contribution < 1.29 is 14.6 Å². The predicted octanol–water partition coefficient (Wildman–Crippen LogP) is 1.56. The lowest BCUT2D eigenvalue weighted by Gasteiger charge is -2.27. The number of nitro benzene ring substituents is 2. The molecule has 22 heavy (non-hydrogen) atoms. The Morgan fingerprint density at radius 2 is 1.95 bits per heavy atom. The van der Waals surface area contributed by atoms with E-state index in [1.54, 1.807) is 19.0 Å². The largest absolute Gasteiger partial charge is 0.354 e. The number of hydrogen-bond donors (Lipinski definition) is 0. The van der Waals surface area contributed by atoms with Crippen molar-refractivity contribution in [1.82, 2.24) is 4.90 Å². The molecule has 9 nitrogen and oxygen atoms in total. The number of amides is 1. The maximum atomic E-state index is 12.2. The number of hydrogen-bond acceptors (Lipinski definition) is 6. The molecule has 1 aromatic rings. The second-order valence-corrected chi connectivity index (χ2v) is 5.27. The Hall–Kier alpha value is -2.71. The van der Waals surface area contributed by atoms with Gasteiger partial charge in [0.1, 0.15) is 11.7 Å². The normalized spacial score (nSPS) is 17.4. The van der Waals surface area contributed by atoms with Crippen LogP contribution in [0.4, 0.5) is 17.1 Å². The highest BCUT2D eigenvalue weighted by Crippen LogP contribution is 2.36. The van der Waals surface area contributed by atoms with E-state index in [0.717, 1.165) is 12.5 Å². The first-order valence-electron chi connectivity index (χ1n) is 6.73. The molecule has 1 fully saturated rings. The van der Waals surface area contributed by atoms with Crippen LogP contribution >= 0.6 is 0 Å². The van der Waals surface area contributed by atoms with Gasteiger partial charge in [-0.15, -0.1) is 0 Å². The molecule has 0 aromatic heterocycles. The highest BCUT2D eigenvalue weighted by molar-refractivity contribution is 5.86. The summed E-state index contributed by atoms with van der Waals surface area (Å²) < 4.78 is 0. The van der Waals surface area contributed by atoms with Crippen LogP contribution in [0.5, 0.6) is 0 Å². The third-order valence-corrected chi connectivity index (χ3v) is 3.65. The third kappa shape index (κ3) is 2.83. The van der Waals surface area contributed by atoms with E-state index < -0.39 is 15.9 Å². The number of carbonyl (C=O) groups is 1. The Bertz CT molecular complexity index is 631. The monoisotopic (exact) mass is 308 g/mol. The average Bonchev–Trinajstić information content (AvgIpc) is 2.94. The molecular formula is C13H16N4O5. The molecule has 9 heteroatoms. The zero-order chi connectivity index (χ0) is 16.4. The Morgan fingerprint density at radius 3 is 2.50 bits per heavy atom. The smallest absolute Gasteiger partial charge is 0.299 e. The summed E-state index contributed by atoms with van der Waals surface area (Å²) in [5.41, 5.74) is -0.453. The predicted molar refractivity (Wildman–Crippen MR) is 78.8 cm³/mol. The van der Waals surface area contributed by atoms with Gasteiger partial charge in [-0.1, -0.05) is 0 Å². The van der Waals surface area contributed by atoms with E-state index in [-0.39, 0.29) is 23.0 Å². The quantitative estimate of drug-likeness (QED) is 0.616. The van der Waals surface area contributed by atoms with Gasteiger partial charge in [0.25, 0.3) is 11.4 Å². The Morgan fingerprint density at radius 1 is 1.27 bits per heavy atom. The van der Waals surface area contributed by atoms with Crippen LogP contribution in [-0.4, -0.2) is 47.3 Å². The molecule has 1 heterocycles. The Balaban J connectivity index is 2.44. The average molecular weight is 308 g/mol. The summed E-state index contributed by atoms with van der Waals surface area (Å²) >= 11 is 0. The van der Waals surface area contributed by atoms with Crippen LogP contribution in [0.3, 0.4) is 0 Å². The number of non-ortho nitro benzene ring substituents is 1. The molecular weight excluding hydrogens is 292 g/mol. The summed E-state index contributed by atoms with van der Waals surface area (Å²) in [5, 5.41) is 22.0. The van der Waals surface area contributed by atoms with Gasteiger partial charge in [0, 0.05) is 26.7 Å². The zero-order valence-corrected chi connectivity index (χ0v) is 12.3. The van der Waals surface area contributed by atoms with Crippen molar-refractivity contribution >= 4 is 23.0 Å². The van der Waals surface area contributed by atoms with E-state index in [0.29, 0.717) is 13.0 Å². The van der Waals surface area contributed by atoms with Crippen molar-refractivity contribution in [1.29, 1.82) is 0 Å². The van der Waals surface area contributed by atoms with Gasteiger partial charge in [-0.2, -0.15) is 0 Å². The first-order valence-corrected chi connectivity index (χ1v) is 6.73. The molecule has 2 rings (SSSR count). The van der Waals surface area contributed by atoms with Crippen LogP contribution in [0.25, 0.3) is 0 Å². The van der Waals surface area contributed by atoms with Crippen LogP contribution in [-0.2, 0) is 4.79 Å². The number of nitro groups is 2. The van der Waals surface area contributed by atoms with Crippen LogP contribution in [0.2, 0.25) is 0 Å². The van der Waals surface area contributed by atoms with Crippen LogP contribution in [0.15, 0.2) is 18.2 Å². The first-order chi connectivity index (χ1) is 10.3. The summed E-state index contributed by atoms with van der Waals surface area (Å²) in [4.78, 5) is 36.0. The number of carbonyl (C=O) groups excluding carboxylic acids is 1. The first kappa shape index (κ1) is 15.7. The summed E-state index contributed by atoms with van der Waals surface area (Å²) in [6.45, 7) is 0.503. The summed E-state index contributed by atoms with van der Waals surface area (Å²) in [5.74, 6) is -0.134. The van der Waals surface area contributed by atoms with E-state index >= 15 is 0 Å². The standard InChI is InChI=1S/C13H16N4O5/c1-14(2)13(18)11-4-3-7-15(11)10-6-5-9(16(19)20)8-12(10)17(21)22/h5-6,8,11H,3-4,7H2,1-2H3. The third-order valence-electron chi connectivity index (χ3n) is 3.65. The molecule has 1 aliphatic rings. The summed E-state index contributed by atoms with van der Waals surface area (Å²) in [7, 11) is 3.26. The molecule has 1 aromatic carbocycles. The van der Waals surface area contributed by atoms with E-state index in [1.165, 1.54) is 17.0 Å². The fourth-order valence-corrected chi connectivity index (χ4v) is 2.62. The van der Waals surface area contributed by atoms with Gasteiger partial charge in [0.2, 0.25) is 5.91 Å². The van der Waals surface area contributed by atoms with E-state index in [2.05, 4.69) is 0 Å². The Kier molecular flexibility index (Phi) is 4.25. The highest BCUT2D eigenvalue weighted by atomic mass is 16.6. The molecule has 0 radical (unpaired) electrons. The van der Waals surface area contributed by atoms with Crippen molar-refractivity contribution in [3.63, 3.8) is 0 Å². The number of anilines is 1. The number of benzene rings is 1. The minimum absolute atomic E-state index is 0.134. The fraction of sp³-hybridized carbons (Fsp3) is 0.462. The van der Waals surface area contributed by atoms with Gasteiger partial charge in [-0.3, -0.25) is 25.0 Å². The molecule has 1 aliphatic heterocycles. The number of likely N-dealkylation sites (N-methyl/N-ethyl adjacent to an activating group) is 1. The molecule has 0 bridgehead atoms. The molecule has 0 aliphatic carbocycles. The number of rotatable bonds is 4. The second kappa shape index (κ2) is 5.96. The van der Waals surface area contributed by atoms with Crippen molar-refractivity contribution in [3.05, 3.63) is 38.4 Å². The molecule has 0 spiro atoms. The molecule has 0 N–H and O–H groups in total. The highest BCUT2D eigenvalue weighted by Gasteiger charge is 2.35. The SMILES string of the molecule is CN(C)C(=O)C1CCCN1c1ccc([N+](=O)[O-])cc1[N+](=O)[O-]. The van der Waals surface area contributed by atoms with E-state index in [9.17, 15) is 25.0 Å². The maximum absolute atomic E-state index is 12.2. The van der Waals surface area contributed by atoms with Gasteiger partial charge < -0.3 is 9.80 Å². The fourth-order valence-electron chi connectivity index (χ4n) is 2.62. The molecule has 1 atom stereocenters. The molecule has 118 valence electrons. The van der Waals surface area contributed by atoms with Crippen LogP contribution < -0.4 is 4.90 Å². The van der Waals surface area contributed by atoms with Crippen molar-refractivity contribution in [2.24, 2.45) is 0 Å². The second-order valence-electron chi connectivity index (χ2n) is 5.27. The minimum atomic E-state index is -0.677. The lowest BCUT2D eigenvalue weighted by Crippen LogP contribution is -2.43. The van der Waals surface area contributed by atoms with Crippen LogP contribution in [0, 0.1) is 20.2 Å². The van der Waals surface area contributed by atoms with Crippen LogP contribution in [0.1, 0.15) is 12.8 Å².